The summed E-state index contributed by atoms with van der Waals surface area (Å²) >= 11 is 0. The Morgan fingerprint density at radius 1 is 0.850 bits per heavy atom. The number of aliphatic hydroxyl groups is 1. The Bertz CT molecular complexity index is 531. The summed E-state index contributed by atoms with van der Waals surface area (Å²) in [4.78, 5) is 4.03. The van der Waals surface area contributed by atoms with Crippen molar-refractivity contribution in [2.75, 3.05) is 0 Å². The van der Waals surface area contributed by atoms with E-state index in [4.69, 9.17) is 4.74 Å². The van der Waals surface area contributed by atoms with Gasteiger partial charge in [-0.05, 0) is 61.1 Å². The van der Waals surface area contributed by atoms with Crippen molar-refractivity contribution in [2.24, 2.45) is 0 Å². The molecule has 0 radical (unpaired) electrons. The number of hydrogen-bond donors (Lipinski definition) is 1. The number of aliphatic hydroxyl groups excluding tert-OH is 1. The van der Waals surface area contributed by atoms with E-state index in [0.717, 1.165) is 37.0 Å². The number of aromatic nitrogens is 1. The maximum absolute atomic E-state index is 9.49. The van der Waals surface area contributed by atoms with Crippen molar-refractivity contribution >= 4 is 0 Å². The molecular weight excluding hydrogens is 250 g/mol. The molecule has 0 spiro atoms. The van der Waals surface area contributed by atoms with E-state index in [9.17, 15) is 5.11 Å². The minimum absolute atomic E-state index is 0.135. The van der Waals surface area contributed by atoms with Gasteiger partial charge in [-0.25, -0.2) is 0 Å². The molecule has 0 saturated heterocycles. The van der Waals surface area contributed by atoms with Crippen LogP contribution in [0.5, 0.6) is 5.75 Å². The predicted octanol–water partition coefficient (Wildman–Crippen LogP) is 3.43. The summed E-state index contributed by atoms with van der Waals surface area (Å²) in [6, 6.07) is 12.2. The molecule has 20 heavy (non-hydrogen) atoms. The van der Waals surface area contributed by atoms with Gasteiger partial charge in [-0.2, -0.15) is 0 Å². The second kappa shape index (κ2) is 6.06. The van der Waals surface area contributed by atoms with Gasteiger partial charge in [0.25, 0.3) is 0 Å². The van der Waals surface area contributed by atoms with E-state index < -0.39 is 0 Å². The van der Waals surface area contributed by atoms with Crippen molar-refractivity contribution in [3.05, 3.63) is 48.8 Å². The van der Waals surface area contributed by atoms with Crippen LogP contribution in [0.2, 0.25) is 0 Å². The largest absolute Gasteiger partial charge is 0.490 e. The lowest BCUT2D eigenvalue weighted by atomic mass is 9.95. The molecule has 0 atom stereocenters. The topological polar surface area (TPSA) is 42.4 Å². The fraction of sp³-hybridized carbons (Fsp3) is 0.353. The van der Waals surface area contributed by atoms with Gasteiger partial charge in [0.15, 0.2) is 0 Å². The Kier molecular flexibility index (Phi) is 3.97. The quantitative estimate of drug-likeness (QED) is 0.928. The molecule has 1 aliphatic rings. The van der Waals surface area contributed by atoms with Gasteiger partial charge in [-0.3, -0.25) is 4.98 Å². The highest BCUT2D eigenvalue weighted by Crippen LogP contribution is 2.26. The second-order valence-corrected chi connectivity index (χ2v) is 5.31. The van der Waals surface area contributed by atoms with Crippen LogP contribution < -0.4 is 4.74 Å². The summed E-state index contributed by atoms with van der Waals surface area (Å²) < 4.78 is 5.97. The number of ether oxygens (including phenoxy) is 1. The maximum Gasteiger partial charge on any atom is 0.119 e. The molecule has 1 aliphatic carbocycles. The van der Waals surface area contributed by atoms with Crippen LogP contribution in [0.15, 0.2) is 48.8 Å². The SMILES string of the molecule is OC1CCC(Oc2ccc(-c3ccncc3)cc2)CC1. The van der Waals surface area contributed by atoms with Crippen molar-refractivity contribution in [2.45, 2.75) is 37.9 Å². The van der Waals surface area contributed by atoms with Crippen molar-refractivity contribution in [3.63, 3.8) is 0 Å². The van der Waals surface area contributed by atoms with Crippen LogP contribution in [0.25, 0.3) is 11.1 Å². The van der Waals surface area contributed by atoms with Crippen LogP contribution in [0, 0.1) is 0 Å². The standard InChI is InChI=1S/C17H19NO2/c19-15-3-7-17(8-4-15)20-16-5-1-13(2-6-16)14-9-11-18-12-10-14/h1-2,5-6,9-12,15,17,19H,3-4,7-8H2. The number of nitrogens with zero attached hydrogens (tertiary/aromatic N) is 1. The lowest BCUT2D eigenvalue weighted by Gasteiger charge is -2.26. The molecule has 0 amide bonds. The first-order valence-corrected chi connectivity index (χ1v) is 7.16. The molecule has 0 aliphatic heterocycles. The first kappa shape index (κ1) is 13.1. The van der Waals surface area contributed by atoms with Crippen molar-refractivity contribution < 1.29 is 9.84 Å². The molecule has 0 unspecified atom stereocenters. The summed E-state index contributed by atoms with van der Waals surface area (Å²) in [7, 11) is 0. The average molecular weight is 269 g/mol. The van der Waals surface area contributed by atoms with Crippen molar-refractivity contribution in [1.29, 1.82) is 0 Å². The van der Waals surface area contributed by atoms with Gasteiger partial charge in [-0.1, -0.05) is 12.1 Å². The zero-order valence-electron chi connectivity index (χ0n) is 11.4. The molecule has 1 aromatic heterocycles. The predicted molar refractivity (Wildman–Crippen MR) is 78.6 cm³/mol. The smallest absolute Gasteiger partial charge is 0.119 e. The van der Waals surface area contributed by atoms with E-state index in [0.29, 0.717) is 0 Å². The van der Waals surface area contributed by atoms with Gasteiger partial charge in [-0.15, -0.1) is 0 Å². The average Bonchev–Trinajstić information content (AvgIpc) is 2.51. The van der Waals surface area contributed by atoms with Gasteiger partial charge in [0, 0.05) is 12.4 Å². The Balaban J connectivity index is 1.65. The van der Waals surface area contributed by atoms with Crippen LogP contribution >= 0.6 is 0 Å². The summed E-state index contributed by atoms with van der Waals surface area (Å²) in [6.45, 7) is 0. The van der Waals surface area contributed by atoms with E-state index in [1.807, 2.05) is 24.3 Å². The Hall–Kier alpha value is -1.87. The highest BCUT2D eigenvalue weighted by molar-refractivity contribution is 5.63. The first-order chi connectivity index (χ1) is 9.81. The van der Waals surface area contributed by atoms with Crippen LogP contribution in [-0.2, 0) is 0 Å². The molecule has 3 rings (SSSR count). The lowest BCUT2D eigenvalue weighted by molar-refractivity contribution is 0.0666. The summed E-state index contributed by atoms with van der Waals surface area (Å²) in [5.41, 5.74) is 2.33. The number of benzene rings is 1. The third-order valence-electron chi connectivity index (χ3n) is 3.81. The van der Waals surface area contributed by atoms with Crippen LogP contribution in [0.1, 0.15) is 25.7 Å². The number of rotatable bonds is 3. The third kappa shape index (κ3) is 3.17. The normalized spacial score (nSPS) is 22.4. The number of pyridine rings is 1. The molecule has 1 saturated carbocycles. The van der Waals surface area contributed by atoms with Crippen molar-refractivity contribution in [1.82, 2.24) is 4.98 Å². The van der Waals surface area contributed by atoms with Crippen LogP contribution in [0.3, 0.4) is 0 Å². The molecule has 2 aromatic rings. The van der Waals surface area contributed by atoms with E-state index in [1.54, 1.807) is 12.4 Å². The van der Waals surface area contributed by atoms with Gasteiger partial charge in [0.05, 0.1) is 12.2 Å². The number of hydrogen-bond acceptors (Lipinski definition) is 3. The molecule has 104 valence electrons. The fourth-order valence-electron chi connectivity index (χ4n) is 2.63. The molecular formula is C17H19NO2. The van der Waals surface area contributed by atoms with Crippen LogP contribution in [0.4, 0.5) is 0 Å². The minimum Gasteiger partial charge on any atom is -0.490 e. The third-order valence-corrected chi connectivity index (χ3v) is 3.81. The Morgan fingerprint density at radius 3 is 2.10 bits per heavy atom. The minimum atomic E-state index is -0.135. The van der Waals surface area contributed by atoms with Crippen molar-refractivity contribution in [3.8, 4) is 16.9 Å². The highest BCUT2D eigenvalue weighted by atomic mass is 16.5. The van der Waals surface area contributed by atoms with Gasteiger partial charge >= 0.3 is 0 Å². The van der Waals surface area contributed by atoms with Crippen LogP contribution in [-0.4, -0.2) is 22.3 Å². The monoisotopic (exact) mass is 269 g/mol. The summed E-state index contributed by atoms with van der Waals surface area (Å²) in [6.07, 6.45) is 7.27. The van der Waals surface area contributed by atoms with E-state index in [1.165, 1.54) is 5.56 Å². The molecule has 1 fully saturated rings. The van der Waals surface area contributed by atoms with Gasteiger partial charge in [0.2, 0.25) is 0 Å². The molecule has 3 nitrogen and oxygen atoms in total. The molecule has 1 N–H and O–H groups in total. The van der Waals surface area contributed by atoms with Gasteiger partial charge in [0.1, 0.15) is 5.75 Å². The molecule has 3 heteroatoms. The second-order valence-electron chi connectivity index (χ2n) is 5.31. The van der Waals surface area contributed by atoms with E-state index in [2.05, 4.69) is 17.1 Å². The van der Waals surface area contributed by atoms with E-state index in [-0.39, 0.29) is 12.2 Å². The zero-order chi connectivity index (χ0) is 13.8. The maximum atomic E-state index is 9.49. The van der Waals surface area contributed by atoms with E-state index >= 15 is 0 Å². The Morgan fingerprint density at radius 2 is 1.45 bits per heavy atom. The lowest BCUT2D eigenvalue weighted by Crippen LogP contribution is -2.26. The molecule has 1 aromatic carbocycles. The van der Waals surface area contributed by atoms with Gasteiger partial charge < -0.3 is 9.84 Å². The molecule has 0 bridgehead atoms. The Labute approximate surface area is 119 Å². The molecule has 1 heterocycles. The fourth-order valence-corrected chi connectivity index (χ4v) is 2.63. The summed E-state index contributed by atoms with van der Waals surface area (Å²) in [5, 5.41) is 9.49. The highest BCUT2D eigenvalue weighted by Gasteiger charge is 2.20. The first-order valence-electron chi connectivity index (χ1n) is 7.16. The summed E-state index contributed by atoms with van der Waals surface area (Å²) in [5.74, 6) is 0.907. The zero-order valence-corrected chi connectivity index (χ0v) is 11.4.